The highest BCUT2D eigenvalue weighted by Gasteiger charge is 2.30. The van der Waals surface area contributed by atoms with Crippen LogP contribution in [0.25, 0.3) is 0 Å². The van der Waals surface area contributed by atoms with Crippen LogP contribution in [-0.2, 0) is 0 Å². The number of benzene rings is 1. The fourth-order valence-electron chi connectivity index (χ4n) is 2.91. The second-order valence-corrected chi connectivity index (χ2v) is 5.68. The maximum Gasteiger partial charge on any atom is 0.295 e. The molecular formula is C14H19FN4O2. The predicted molar refractivity (Wildman–Crippen MR) is 78.2 cm³/mol. The van der Waals surface area contributed by atoms with Gasteiger partial charge in [0, 0.05) is 45.3 Å². The van der Waals surface area contributed by atoms with Gasteiger partial charge in [0.25, 0.3) is 5.69 Å². The van der Waals surface area contributed by atoms with Gasteiger partial charge < -0.3 is 10.2 Å². The first-order chi connectivity index (χ1) is 10.1. The highest BCUT2D eigenvalue weighted by molar-refractivity contribution is 5.65. The Kier molecular flexibility index (Phi) is 3.77. The number of nitrogens with one attached hydrogen (secondary N) is 1. The number of nitro benzene ring substituents is 1. The molecule has 0 saturated carbocycles. The van der Waals surface area contributed by atoms with Crippen molar-refractivity contribution < 1.29 is 9.31 Å². The van der Waals surface area contributed by atoms with E-state index in [4.69, 9.17) is 0 Å². The zero-order valence-corrected chi connectivity index (χ0v) is 12.0. The molecule has 0 aliphatic carbocycles. The molecule has 6 nitrogen and oxygen atoms in total. The van der Waals surface area contributed by atoms with E-state index >= 15 is 0 Å². The van der Waals surface area contributed by atoms with E-state index in [-0.39, 0.29) is 5.69 Å². The van der Waals surface area contributed by atoms with Crippen LogP contribution in [0.5, 0.6) is 0 Å². The van der Waals surface area contributed by atoms with Crippen molar-refractivity contribution in [2.24, 2.45) is 0 Å². The molecule has 1 aromatic carbocycles. The monoisotopic (exact) mass is 294 g/mol. The van der Waals surface area contributed by atoms with Crippen molar-refractivity contribution in [2.75, 3.05) is 44.2 Å². The van der Waals surface area contributed by atoms with Crippen molar-refractivity contribution in [3.63, 3.8) is 0 Å². The highest BCUT2D eigenvalue weighted by atomic mass is 19.1. The van der Waals surface area contributed by atoms with Gasteiger partial charge >= 0.3 is 0 Å². The molecule has 2 fully saturated rings. The first kappa shape index (κ1) is 14.2. The minimum atomic E-state index is -0.523. The average molecular weight is 294 g/mol. The summed E-state index contributed by atoms with van der Waals surface area (Å²) in [5.74, 6) is -0.523. The molecule has 2 aliphatic heterocycles. The number of rotatable bonds is 3. The average Bonchev–Trinajstić information content (AvgIpc) is 2.40. The molecular weight excluding hydrogens is 275 g/mol. The van der Waals surface area contributed by atoms with Crippen LogP contribution >= 0.6 is 0 Å². The normalized spacial score (nSPS) is 20.4. The zero-order valence-electron chi connectivity index (χ0n) is 12.0. The van der Waals surface area contributed by atoms with Crippen molar-refractivity contribution in [1.29, 1.82) is 0 Å². The van der Waals surface area contributed by atoms with Crippen LogP contribution in [0.2, 0.25) is 0 Å². The van der Waals surface area contributed by atoms with Crippen LogP contribution in [0.4, 0.5) is 15.8 Å². The summed E-state index contributed by atoms with van der Waals surface area (Å²) in [5.41, 5.74) is 0.836. The van der Waals surface area contributed by atoms with E-state index in [9.17, 15) is 14.5 Å². The van der Waals surface area contributed by atoms with Crippen LogP contribution in [0.1, 0.15) is 5.56 Å². The van der Waals surface area contributed by atoms with Gasteiger partial charge in [0.15, 0.2) is 0 Å². The first-order valence-electron chi connectivity index (χ1n) is 7.20. The Morgan fingerprint density at radius 2 is 1.95 bits per heavy atom. The van der Waals surface area contributed by atoms with Gasteiger partial charge in [-0.05, 0) is 18.6 Å². The smallest absolute Gasteiger partial charge is 0.295 e. The number of nitro groups is 1. The third kappa shape index (κ3) is 2.71. The molecule has 0 atom stereocenters. The largest absolute Gasteiger partial charge is 0.363 e. The molecule has 7 heteroatoms. The Morgan fingerprint density at radius 1 is 1.29 bits per heavy atom. The van der Waals surface area contributed by atoms with Gasteiger partial charge in [-0.15, -0.1) is 0 Å². The van der Waals surface area contributed by atoms with Gasteiger partial charge in [-0.2, -0.15) is 0 Å². The molecule has 0 radical (unpaired) electrons. The second-order valence-electron chi connectivity index (χ2n) is 5.68. The number of nitrogens with zero attached hydrogens (tertiary/aromatic N) is 3. The Hall–Kier alpha value is -1.73. The predicted octanol–water partition coefficient (Wildman–Crippen LogP) is 1.14. The first-order valence-corrected chi connectivity index (χ1v) is 7.20. The minimum absolute atomic E-state index is 0.142. The van der Waals surface area contributed by atoms with E-state index in [0.717, 1.165) is 45.3 Å². The maximum atomic E-state index is 13.6. The lowest BCUT2D eigenvalue weighted by atomic mass is 10.1. The molecule has 0 unspecified atom stereocenters. The molecule has 0 amide bonds. The van der Waals surface area contributed by atoms with Crippen molar-refractivity contribution >= 4 is 11.4 Å². The number of anilines is 1. The van der Waals surface area contributed by atoms with Gasteiger partial charge in [-0.3, -0.25) is 15.0 Å². The Morgan fingerprint density at radius 3 is 2.48 bits per heavy atom. The molecule has 114 valence electrons. The summed E-state index contributed by atoms with van der Waals surface area (Å²) in [6, 6.07) is 3.22. The van der Waals surface area contributed by atoms with Crippen LogP contribution in [-0.4, -0.2) is 55.1 Å². The van der Waals surface area contributed by atoms with E-state index in [1.165, 1.54) is 0 Å². The van der Waals surface area contributed by atoms with Gasteiger partial charge in [0.05, 0.1) is 11.0 Å². The number of piperazine rings is 1. The summed E-state index contributed by atoms with van der Waals surface area (Å²) in [5, 5.41) is 14.4. The number of hydrogen-bond donors (Lipinski definition) is 1. The lowest BCUT2D eigenvalue weighted by Gasteiger charge is -2.43. The molecule has 3 rings (SSSR count). The molecule has 2 saturated heterocycles. The Balaban J connectivity index is 1.77. The number of aryl methyl sites for hydroxylation is 1. The molecule has 0 aromatic heterocycles. The fraction of sp³-hybridized carbons (Fsp3) is 0.571. The Labute approximate surface area is 122 Å². The highest BCUT2D eigenvalue weighted by Crippen LogP contribution is 2.31. The molecule has 2 aliphatic rings. The summed E-state index contributed by atoms with van der Waals surface area (Å²) in [7, 11) is 0. The number of halogens is 1. The topological polar surface area (TPSA) is 61.6 Å². The lowest BCUT2D eigenvalue weighted by Crippen LogP contribution is -2.61. The quantitative estimate of drug-likeness (QED) is 0.669. The van der Waals surface area contributed by atoms with E-state index in [1.54, 1.807) is 13.0 Å². The summed E-state index contributed by atoms with van der Waals surface area (Å²) in [4.78, 5) is 15.1. The zero-order chi connectivity index (χ0) is 15.0. The summed E-state index contributed by atoms with van der Waals surface area (Å²) in [6.07, 6.45) is 0. The van der Waals surface area contributed by atoms with Gasteiger partial charge in [-0.25, -0.2) is 4.39 Å². The van der Waals surface area contributed by atoms with Crippen molar-refractivity contribution in [3.8, 4) is 0 Å². The van der Waals surface area contributed by atoms with E-state index in [1.807, 2.05) is 4.90 Å². The summed E-state index contributed by atoms with van der Waals surface area (Å²) in [6.45, 7) is 6.94. The van der Waals surface area contributed by atoms with Crippen LogP contribution in [0.15, 0.2) is 12.1 Å². The third-order valence-electron chi connectivity index (χ3n) is 4.38. The summed E-state index contributed by atoms with van der Waals surface area (Å²) < 4.78 is 13.6. The SMILES string of the molecule is Cc1cc(N2CCN(C3CNC3)CC2)c([N+](=O)[O-])cc1F. The van der Waals surface area contributed by atoms with Crippen LogP contribution < -0.4 is 10.2 Å². The molecule has 1 aromatic rings. The third-order valence-corrected chi connectivity index (χ3v) is 4.38. The van der Waals surface area contributed by atoms with E-state index in [2.05, 4.69) is 10.2 Å². The second kappa shape index (κ2) is 5.57. The molecule has 21 heavy (non-hydrogen) atoms. The molecule has 0 spiro atoms. The standard InChI is InChI=1S/C14H19FN4O2/c1-10-6-13(14(19(20)21)7-12(10)15)18-4-2-17(3-5-18)11-8-16-9-11/h6-7,11,16H,2-5,8-9H2,1H3. The van der Waals surface area contributed by atoms with Crippen LogP contribution in [0, 0.1) is 22.9 Å². The van der Waals surface area contributed by atoms with Gasteiger partial charge in [-0.1, -0.05) is 0 Å². The maximum absolute atomic E-state index is 13.6. The summed E-state index contributed by atoms with van der Waals surface area (Å²) >= 11 is 0. The van der Waals surface area contributed by atoms with Gasteiger partial charge in [0.2, 0.25) is 0 Å². The van der Waals surface area contributed by atoms with Crippen molar-refractivity contribution in [2.45, 2.75) is 13.0 Å². The molecule has 1 N–H and O–H groups in total. The molecule has 0 bridgehead atoms. The van der Waals surface area contributed by atoms with Crippen molar-refractivity contribution in [3.05, 3.63) is 33.6 Å². The number of hydrogen-bond acceptors (Lipinski definition) is 5. The molecule has 2 heterocycles. The Bertz CT molecular complexity index is 554. The van der Waals surface area contributed by atoms with Crippen LogP contribution in [0.3, 0.4) is 0 Å². The minimum Gasteiger partial charge on any atom is -0.363 e. The fourth-order valence-corrected chi connectivity index (χ4v) is 2.91. The van der Waals surface area contributed by atoms with E-state index < -0.39 is 10.7 Å². The van der Waals surface area contributed by atoms with Crippen molar-refractivity contribution in [1.82, 2.24) is 10.2 Å². The van der Waals surface area contributed by atoms with Gasteiger partial charge in [0.1, 0.15) is 11.5 Å². The lowest BCUT2D eigenvalue weighted by molar-refractivity contribution is -0.384. The van der Waals surface area contributed by atoms with E-state index in [0.29, 0.717) is 17.3 Å².